The summed E-state index contributed by atoms with van der Waals surface area (Å²) in [6.07, 6.45) is 0.591. The van der Waals surface area contributed by atoms with E-state index < -0.39 is 11.9 Å². The fraction of sp³-hybridized carbons (Fsp3) is 0.250. The Labute approximate surface area is 127 Å². The maximum Gasteiger partial charge on any atom is 0.287 e. The molecule has 6 heteroatoms. The molecule has 0 bridgehead atoms. The van der Waals surface area contributed by atoms with E-state index in [1.54, 1.807) is 19.2 Å². The normalized spacial score (nSPS) is 17.1. The highest BCUT2D eigenvalue weighted by Crippen LogP contribution is 2.25. The molecule has 1 aromatic heterocycles. The Balaban J connectivity index is 1.75. The Bertz CT molecular complexity index is 708. The number of carbonyl (C=O) groups is 2. The summed E-state index contributed by atoms with van der Waals surface area (Å²) in [5.74, 6) is 0.907. The number of ether oxygens (including phenoxy) is 1. The molecule has 114 valence electrons. The molecule has 1 atom stereocenters. The summed E-state index contributed by atoms with van der Waals surface area (Å²) in [6.45, 7) is 0.580. The van der Waals surface area contributed by atoms with E-state index in [1.807, 2.05) is 24.3 Å². The molecular formula is C16H16N2O4. The zero-order valence-electron chi connectivity index (χ0n) is 12.1. The molecule has 0 saturated carbocycles. The van der Waals surface area contributed by atoms with Crippen molar-refractivity contribution in [1.82, 2.24) is 10.6 Å². The first-order chi connectivity index (χ1) is 10.7. The first kappa shape index (κ1) is 14.2. The minimum absolute atomic E-state index is 0.159. The first-order valence-corrected chi connectivity index (χ1v) is 7.00. The molecule has 0 radical (unpaired) electrons. The van der Waals surface area contributed by atoms with E-state index in [1.165, 1.54) is 0 Å². The highest BCUT2D eigenvalue weighted by atomic mass is 16.5. The topological polar surface area (TPSA) is 80.6 Å². The summed E-state index contributed by atoms with van der Waals surface area (Å²) in [4.78, 5) is 23.6. The molecule has 6 nitrogen and oxygen atoms in total. The van der Waals surface area contributed by atoms with Crippen molar-refractivity contribution in [2.45, 2.75) is 12.5 Å². The lowest BCUT2D eigenvalue weighted by Crippen LogP contribution is -2.39. The maximum absolute atomic E-state index is 12.1. The van der Waals surface area contributed by atoms with Crippen LogP contribution in [0, 0.1) is 0 Å². The summed E-state index contributed by atoms with van der Waals surface area (Å²) in [5.41, 5.74) is 0.817. The quantitative estimate of drug-likeness (QED) is 0.898. The van der Waals surface area contributed by atoms with Crippen LogP contribution in [0.3, 0.4) is 0 Å². The third-order valence-electron chi connectivity index (χ3n) is 3.54. The lowest BCUT2D eigenvalue weighted by molar-refractivity contribution is -0.120. The van der Waals surface area contributed by atoms with Crippen LogP contribution >= 0.6 is 0 Å². The van der Waals surface area contributed by atoms with Gasteiger partial charge < -0.3 is 19.8 Å². The third-order valence-corrected chi connectivity index (χ3v) is 3.54. The van der Waals surface area contributed by atoms with Gasteiger partial charge in [-0.3, -0.25) is 9.59 Å². The molecule has 3 rings (SSSR count). The van der Waals surface area contributed by atoms with Crippen molar-refractivity contribution in [2.75, 3.05) is 13.7 Å². The van der Waals surface area contributed by atoms with E-state index in [2.05, 4.69) is 10.6 Å². The van der Waals surface area contributed by atoms with Crippen molar-refractivity contribution in [3.05, 3.63) is 42.2 Å². The van der Waals surface area contributed by atoms with Crippen molar-refractivity contribution in [3.63, 3.8) is 0 Å². The molecule has 2 heterocycles. The van der Waals surface area contributed by atoms with Crippen LogP contribution in [-0.4, -0.2) is 31.5 Å². The highest BCUT2D eigenvalue weighted by molar-refractivity contribution is 5.96. The van der Waals surface area contributed by atoms with Gasteiger partial charge in [-0.05, 0) is 30.7 Å². The van der Waals surface area contributed by atoms with Crippen molar-refractivity contribution >= 4 is 11.8 Å². The number of methoxy groups -OCH3 is 1. The Morgan fingerprint density at radius 1 is 1.36 bits per heavy atom. The number of benzene rings is 1. The fourth-order valence-corrected chi connectivity index (χ4v) is 2.35. The average molecular weight is 300 g/mol. The molecule has 1 aromatic carbocycles. The fourth-order valence-electron chi connectivity index (χ4n) is 2.35. The summed E-state index contributed by atoms with van der Waals surface area (Å²) < 4.78 is 10.7. The molecule has 22 heavy (non-hydrogen) atoms. The largest absolute Gasteiger partial charge is 0.497 e. The second-order valence-electron chi connectivity index (χ2n) is 5.00. The number of rotatable bonds is 4. The van der Waals surface area contributed by atoms with Gasteiger partial charge in [-0.1, -0.05) is 12.1 Å². The zero-order chi connectivity index (χ0) is 15.5. The molecule has 1 unspecified atom stereocenters. The zero-order valence-corrected chi connectivity index (χ0v) is 12.1. The molecule has 2 N–H and O–H groups in total. The highest BCUT2D eigenvalue weighted by Gasteiger charge is 2.26. The molecule has 2 amide bonds. The van der Waals surface area contributed by atoms with Crippen LogP contribution in [0.1, 0.15) is 17.0 Å². The maximum atomic E-state index is 12.1. The molecule has 1 aliphatic rings. The number of amides is 2. The smallest absolute Gasteiger partial charge is 0.287 e. The van der Waals surface area contributed by atoms with Gasteiger partial charge in [0.05, 0.1) is 7.11 Å². The van der Waals surface area contributed by atoms with Crippen molar-refractivity contribution < 1.29 is 18.7 Å². The summed E-state index contributed by atoms with van der Waals surface area (Å²) in [7, 11) is 1.59. The van der Waals surface area contributed by atoms with E-state index in [0.29, 0.717) is 24.5 Å². The average Bonchev–Trinajstić information content (AvgIpc) is 3.17. The molecule has 1 aliphatic heterocycles. The second kappa shape index (κ2) is 5.93. The van der Waals surface area contributed by atoms with Gasteiger partial charge >= 0.3 is 0 Å². The number of carbonyl (C=O) groups excluding carboxylic acids is 2. The summed E-state index contributed by atoms with van der Waals surface area (Å²) in [5, 5.41) is 5.33. The van der Waals surface area contributed by atoms with Gasteiger partial charge in [0, 0.05) is 12.1 Å². The number of nitrogens with one attached hydrogen (secondary N) is 2. The van der Waals surface area contributed by atoms with Crippen molar-refractivity contribution in [3.8, 4) is 17.1 Å². The molecule has 1 fully saturated rings. The van der Waals surface area contributed by atoms with Gasteiger partial charge in [0.2, 0.25) is 5.91 Å². The predicted octanol–water partition coefficient (Wildman–Crippen LogP) is 1.57. The van der Waals surface area contributed by atoms with Crippen LogP contribution in [-0.2, 0) is 4.79 Å². The van der Waals surface area contributed by atoms with E-state index in [0.717, 1.165) is 5.56 Å². The number of hydrogen-bond donors (Lipinski definition) is 2. The second-order valence-corrected chi connectivity index (χ2v) is 5.00. The standard InChI is InChI=1S/C16H16N2O4/c1-21-11-4-2-3-10(9-11)13-5-6-14(22-13)16(20)18-12-7-8-17-15(12)19/h2-6,9,12H,7-8H2,1H3,(H,17,19)(H,18,20). The number of hydrogen-bond acceptors (Lipinski definition) is 4. The Hall–Kier alpha value is -2.76. The Morgan fingerprint density at radius 2 is 2.23 bits per heavy atom. The van der Waals surface area contributed by atoms with Crippen LogP contribution in [0.4, 0.5) is 0 Å². The van der Waals surface area contributed by atoms with Gasteiger partial charge in [-0.25, -0.2) is 0 Å². The van der Waals surface area contributed by atoms with Crippen LogP contribution < -0.4 is 15.4 Å². The predicted molar refractivity (Wildman–Crippen MR) is 79.6 cm³/mol. The van der Waals surface area contributed by atoms with E-state index in [9.17, 15) is 9.59 Å². The molecule has 1 saturated heterocycles. The monoisotopic (exact) mass is 300 g/mol. The molecule has 0 aliphatic carbocycles. The lowest BCUT2D eigenvalue weighted by atomic mass is 10.1. The third kappa shape index (κ3) is 2.81. The molecule has 0 spiro atoms. The number of furan rings is 1. The van der Waals surface area contributed by atoms with Crippen LogP contribution in [0.5, 0.6) is 5.75 Å². The summed E-state index contributed by atoms with van der Waals surface area (Å²) in [6, 6.07) is 10.2. The van der Waals surface area contributed by atoms with E-state index >= 15 is 0 Å². The molecule has 2 aromatic rings. The first-order valence-electron chi connectivity index (χ1n) is 7.00. The van der Waals surface area contributed by atoms with Crippen molar-refractivity contribution in [1.29, 1.82) is 0 Å². The van der Waals surface area contributed by atoms with Gasteiger partial charge in [0.25, 0.3) is 5.91 Å². The summed E-state index contributed by atoms with van der Waals surface area (Å²) >= 11 is 0. The minimum Gasteiger partial charge on any atom is -0.497 e. The SMILES string of the molecule is COc1cccc(-c2ccc(C(=O)NC3CCNC3=O)o2)c1. The molecular weight excluding hydrogens is 284 g/mol. The van der Waals surface area contributed by atoms with Crippen LogP contribution in [0.2, 0.25) is 0 Å². The van der Waals surface area contributed by atoms with Gasteiger partial charge in [0.15, 0.2) is 5.76 Å². The van der Waals surface area contributed by atoms with E-state index in [-0.39, 0.29) is 11.7 Å². The lowest BCUT2D eigenvalue weighted by Gasteiger charge is -2.07. The van der Waals surface area contributed by atoms with Crippen LogP contribution in [0.25, 0.3) is 11.3 Å². The van der Waals surface area contributed by atoms with Gasteiger partial charge in [-0.2, -0.15) is 0 Å². The van der Waals surface area contributed by atoms with Crippen molar-refractivity contribution in [2.24, 2.45) is 0 Å². The Kier molecular flexibility index (Phi) is 3.82. The minimum atomic E-state index is -0.488. The van der Waals surface area contributed by atoms with Gasteiger partial charge in [0.1, 0.15) is 17.6 Å². The van der Waals surface area contributed by atoms with Crippen LogP contribution in [0.15, 0.2) is 40.8 Å². The van der Waals surface area contributed by atoms with E-state index in [4.69, 9.17) is 9.15 Å². The Morgan fingerprint density at radius 3 is 2.95 bits per heavy atom. The van der Waals surface area contributed by atoms with Gasteiger partial charge in [-0.15, -0.1) is 0 Å².